The van der Waals surface area contributed by atoms with Gasteiger partial charge in [0.1, 0.15) is 0 Å². The SMILES string of the molecule is C=CCNC(=O)c1cc(=O)[nH]c2ccc(Br)cc12. The van der Waals surface area contributed by atoms with Crippen molar-refractivity contribution in [3.8, 4) is 0 Å². The summed E-state index contributed by atoms with van der Waals surface area (Å²) in [4.78, 5) is 26.1. The Labute approximate surface area is 112 Å². The van der Waals surface area contributed by atoms with E-state index in [0.717, 1.165) is 4.47 Å². The summed E-state index contributed by atoms with van der Waals surface area (Å²) in [5, 5.41) is 3.36. The van der Waals surface area contributed by atoms with Crippen LogP contribution in [0.4, 0.5) is 0 Å². The average molecular weight is 307 g/mol. The number of hydrogen-bond donors (Lipinski definition) is 2. The first-order valence-electron chi connectivity index (χ1n) is 5.33. The lowest BCUT2D eigenvalue weighted by Gasteiger charge is -2.06. The maximum atomic E-state index is 12.0. The van der Waals surface area contributed by atoms with E-state index in [-0.39, 0.29) is 11.5 Å². The van der Waals surface area contributed by atoms with Gasteiger partial charge >= 0.3 is 0 Å². The number of carbonyl (C=O) groups excluding carboxylic acids is 1. The highest BCUT2D eigenvalue weighted by molar-refractivity contribution is 9.10. The predicted octanol–water partition coefficient (Wildman–Crippen LogP) is 2.21. The first-order valence-corrected chi connectivity index (χ1v) is 6.13. The summed E-state index contributed by atoms with van der Waals surface area (Å²) in [5.41, 5.74) is 0.694. The quantitative estimate of drug-likeness (QED) is 0.854. The van der Waals surface area contributed by atoms with E-state index in [0.29, 0.717) is 23.0 Å². The van der Waals surface area contributed by atoms with Crippen LogP contribution in [0.25, 0.3) is 10.9 Å². The van der Waals surface area contributed by atoms with Crippen molar-refractivity contribution in [1.29, 1.82) is 0 Å². The van der Waals surface area contributed by atoms with Crippen molar-refractivity contribution in [3.05, 3.63) is 57.3 Å². The normalized spacial score (nSPS) is 10.3. The number of halogens is 1. The van der Waals surface area contributed by atoms with Gasteiger partial charge in [-0.25, -0.2) is 0 Å². The fourth-order valence-corrected chi connectivity index (χ4v) is 2.04. The zero-order valence-corrected chi connectivity index (χ0v) is 11.1. The molecule has 1 amide bonds. The number of benzene rings is 1. The Balaban J connectivity index is 2.60. The van der Waals surface area contributed by atoms with Gasteiger partial charge in [0, 0.05) is 28.0 Å². The number of aromatic nitrogens is 1. The molecule has 0 aliphatic heterocycles. The van der Waals surface area contributed by atoms with Crippen molar-refractivity contribution in [2.24, 2.45) is 0 Å². The van der Waals surface area contributed by atoms with Gasteiger partial charge in [0.2, 0.25) is 5.56 Å². The molecule has 0 unspecified atom stereocenters. The molecule has 0 atom stereocenters. The van der Waals surface area contributed by atoms with Gasteiger partial charge in [-0.2, -0.15) is 0 Å². The highest BCUT2D eigenvalue weighted by Gasteiger charge is 2.11. The van der Waals surface area contributed by atoms with E-state index in [1.165, 1.54) is 6.07 Å². The first kappa shape index (κ1) is 12.6. The van der Waals surface area contributed by atoms with E-state index in [1.807, 2.05) is 6.07 Å². The van der Waals surface area contributed by atoms with E-state index in [4.69, 9.17) is 0 Å². The molecule has 0 saturated carbocycles. The lowest BCUT2D eigenvalue weighted by molar-refractivity contribution is 0.0959. The van der Waals surface area contributed by atoms with Gasteiger partial charge in [0.05, 0.1) is 5.56 Å². The molecule has 0 bridgehead atoms. The molecule has 4 nitrogen and oxygen atoms in total. The summed E-state index contributed by atoms with van der Waals surface area (Å²) < 4.78 is 0.847. The Morgan fingerprint density at radius 2 is 2.22 bits per heavy atom. The third-order valence-corrected chi connectivity index (χ3v) is 2.95. The molecule has 0 radical (unpaired) electrons. The zero-order chi connectivity index (χ0) is 13.1. The molecular formula is C13H11BrN2O2. The van der Waals surface area contributed by atoms with E-state index >= 15 is 0 Å². The standard InChI is InChI=1S/C13H11BrN2O2/c1-2-5-15-13(18)10-7-12(17)16-11-4-3-8(14)6-9(10)11/h2-4,6-7H,1,5H2,(H,15,18)(H,16,17). The van der Waals surface area contributed by atoms with Crippen LogP contribution in [0.1, 0.15) is 10.4 Å². The minimum atomic E-state index is -0.298. The highest BCUT2D eigenvalue weighted by Crippen LogP contribution is 2.20. The number of aromatic amines is 1. The molecule has 92 valence electrons. The molecule has 1 aromatic heterocycles. The Hall–Kier alpha value is -1.88. The van der Waals surface area contributed by atoms with Crippen LogP contribution in [0.5, 0.6) is 0 Å². The molecule has 1 heterocycles. The Morgan fingerprint density at radius 3 is 2.94 bits per heavy atom. The topological polar surface area (TPSA) is 62.0 Å². The number of hydrogen-bond acceptors (Lipinski definition) is 2. The summed E-state index contributed by atoms with van der Waals surface area (Å²) in [6.07, 6.45) is 1.59. The largest absolute Gasteiger partial charge is 0.349 e. The van der Waals surface area contributed by atoms with Crippen LogP contribution in [0, 0.1) is 0 Å². The number of pyridine rings is 1. The second-order valence-corrected chi connectivity index (χ2v) is 4.65. The molecule has 1 aromatic carbocycles. The molecule has 0 aliphatic carbocycles. The van der Waals surface area contributed by atoms with Crippen molar-refractivity contribution in [3.63, 3.8) is 0 Å². The molecule has 0 spiro atoms. The lowest BCUT2D eigenvalue weighted by Crippen LogP contribution is -2.25. The molecule has 0 saturated heterocycles. The van der Waals surface area contributed by atoms with Crippen molar-refractivity contribution >= 4 is 32.7 Å². The van der Waals surface area contributed by atoms with Gasteiger partial charge in [0.25, 0.3) is 5.91 Å². The molecule has 5 heteroatoms. The average Bonchev–Trinajstić information content (AvgIpc) is 2.35. The lowest BCUT2D eigenvalue weighted by atomic mass is 10.1. The van der Waals surface area contributed by atoms with Gasteiger partial charge in [-0.1, -0.05) is 22.0 Å². The van der Waals surface area contributed by atoms with Crippen LogP contribution < -0.4 is 10.9 Å². The molecule has 2 aromatic rings. The number of fused-ring (bicyclic) bond motifs is 1. The minimum absolute atomic E-state index is 0.288. The third kappa shape index (κ3) is 2.51. The molecule has 2 N–H and O–H groups in total. The summed E-state index contributed by atoms with van der Waals surface area (Å²) in [5.74, 6) is -0.288. The second kappa shape index (κ2) is 5.18. The number of nitrogens with one attached hydrogen (secondary N) is 2. The number of carbonyl (C=O) groups is 1. The summed E-state index contributed by atoms with van der Waals surface area (Å²) in [6, 6.07) is 6.66. The Bertz CT molecular complexity index is 676. The van der Waals surface area contributed by atoms with Crippen molar-refractivity contribution in [1.82, 2.24) is 10.3 Å². The Morgan fingerprint density at radius 1 is 1.44 bits per heavy atom. The number of H-pyrrole nitrogens is 1. The van der Waals surface area contributed by atoms with E-state index in [2.05, 4.69) is 32.8 Å². The Kier molecular flexibility index (Phi) is 3.62. The third-order valence-electron chi connectivity index (χ3n) is 2.46. The van der Waals surface area contributed by atoms with Crippen molar-refractivity contribution in [2.75, 3.05) is 6.54 Å². The zero-order valence-electron chi connectivity index (χ0n) is 9.50. The minimum Gasteiger partial charge on any atom is -0.349 e. The van der Waals surface area contributed by atoms with Gasteiger partial charge in [-0.15, -0.1) is 6.58 Å². The summed E-state index contributed by atoms with van der Waals surface area (Å²) >= 11 is 3.35. The van der Waals surface area contributed by atoms with Crippen LogP contribution in [-0.4, -0.2) is 17.4 Å². The molecular weight excluding hydrogens is 296 g/mol. The number of rotatable bonds is 3. The van der Waals surface area contributed by atoms with Crippen LogP contribution in [0.15, 0.2) is 46.2 Å². The van der Waals surface area contributed by atoms with Gasteiger partial charge in [0.15, 0.2) is 0 Å². The maximum absolute atomic E-state index is 12.0. The molecule has 18 heavy (non-hydrogen) atoms. The fourth-order valence-electron chi connectivity index (χ4n) is 1.67. The first-order chi connectivity index (χ1) is 8.61. The molecule has 2 rings (SSSR count). The van der Waals surface area contributed by atoms with Gasteiger partial charge < -0.3 is 10.3 Å². The van der Waals surface area contributed by atoms with E-state index in [1.54, 1.807) is 18.2 Å². The second-order valence-electron chi connectivity index (χ2n) is 3.74. The van der Waals surface area contributed by atoms with E-state index in [9.17, 15) is 9.59 Å². The maximum Gasteiger partial charge on any atom is 0.252 e. The summed E-state index contributed by atoms with van der Waals surface area (Å²) in [6.45, 7) is 3.89. The van der Waals surface area contributed by atoms with Crippen LogP contribution in [-0.2, 0) is 0 Å². The van der Waals surface area contributed by atoms with E-state index < -0.39 is 0 Å². The number of amides is 1. The van der Waals surface area contributed by atoms with Gasteiger partial charge in [-0.3, -0.25) is 9.59 Å². The van der Waals surface area contributed by atoms with Gasteiger partial charge in [-0.05, 0) is 18.2 Å². The fraction of sp³-hybridized carbons (Fsp3) is 0.0769. The highest BCUT2D eigenvalue weighted by atomic mass is 79.9. The van der Waals surface area contributed by atoms with Crippen LogP contribution >= 0.6 is 15.9 Å². The smallest absolute Gasteiger partial charge is 0.252 e. The monoisotopic (exact) mass is 306 g/mol. The van der Waals surface area contributed by atoms with Crippen LogP contribution in [0.3, 0.4) is 0 Å². The molecule has 0 fully saturated rings. The van der Waals surface area contributed by atoms with Crippen molar-refractivity contribution in [2.45, 2.75) is 0 Å². The van der Waals surface area contributed by atoms with Crippen LogP contribution in [0.2, 0.25) is 0 Å². The predicted molar refractivity (Wildman–Crippen MR) is 74.8 cm³/mol. The van der Waals surface area contributed by atoms with Crippen molar-refractivity contribution < 1.29 is 4.79 Å². The summed E-state index contributed by atoms with van der Waals surface area (Å²) in [7, 11) is 0. The molecule has 0 aliphatic rings.